The highest BCUT2D eigenvalue weighted by Gasteiger charge is 2.32. The number of nitrogens with zero attached hydrogens (tertiary/aromatic N) is 4. The van der Waals surface area contributed by atoms with E-state index in [1.165, 1.54) is 28.8 Å². The number of rotatable bonds is 5. The van der Waals surface area contributed by atoms with Gasteiger partial charge in [-0.15, -0.1) is 0 Å². The van der Waals surface area contributed by atoms with Crippen LogP contribution >= 0.6 is 22.6 Å². The van der Waals surface area contributed by atoms with E-state index in [9.17, 15) is 19.7 Å². The van der Waals surface area contributed by atoms with Crippen molar-refractivity contribution in [2.24, 2.45) is 0 Å². The highest BCUT2D eigenvalue weighted by molar-refractivity contribution is 14.1. The number of carbonyl (C=O) groups excluding carboxylic acids is 1. The van der Waals surface area contributed by atoms with Gasteiger partial charge in [0, 0.05) is 21.3 Å². The molecular weight excluding hydrogens is 607 g/mol. The third-order valence-corrected chi connectivity index (χ3v) is 7.26. The molecule has 0 saturated heterocycles. The third-order valence-electron chi connectivity index (χ3n) is 6.59. The molecule has 4 aromatic carbocycles. The fourth-order valence-corrected chi connectivity index (χ4v) is 5.23. The number of halogens is 1. The maximum Gasteiger partial charge on any atom is 0.269 e. The summed E-state index contributed by atoms with van der Waals surface area (Å²) in [6.45, 7) is 0.396. The first-order valence-electron chi connectivity index (χ1n) is 12.0. The molecular formula is C30H19IN4O4. The summed E-state index contributed by atoms with van der Waals surface area (Å²) in [5.74, 6) is 0.0505. The van der Waals surface area contributed by atoms with E-state index < -0.39 is 4.92 Å². The smallest absolute Gasteiger partial charge is 0.269 e. The molecule has 39 heavy (non-hydrogen) atoms. The third kappa shape index (κ3) is 4.50. The van der Waals surface area contributed by atoms with Gasteiger partial charge in [-0.25, -0.2) is 4.98 Å². The van der Waals surface area contributed by atoms with E-state index in [1.807, 2.05) is 60.7 Å². The Morgan fingerprint density at radius 1 is 0.897 bits per heavy atom. The monoisotopic (exact) mass is 626 g/mol. The predicted octanol–water partition coefficient (Wildman–Crippen LogP) is 5.99. The quantitative estimate of drug-likeness (QED) is 0.103. The molecule has 0 spiro atoms. The number of fused-ring (bicyclic) bond motifs is 2. The van der Waals surface area contributed by atoms with Gasteiger partial charge >= 0.3 is 0 Å². The molecule has 0 unspecified atom stereocenters. The van der Waals surface area contributed by atoms with Crippen LogP contribution in [-0.2, 0) is 11.3 Å². The van der Waals surface area contributed by atoms with Crippen LogP contribution in [0.25, 0.3) is 28.2 Å². The first-order valence-corrected chi connectivity index (χ1v) is 13.1. The number of para-hydroxylation sites is 1. The molecule has 1 aromatic heterocycles. The van der Waals surface area contributed by atoms with Crippen molar-refractivity contribution < 1.29 is 9.72 Å². The zero-order valence-corrected chi connectivity index (χ0v) is 22.5. The highest BCUT2D eigenvalue weighted by Crippen LogP contribution is 2.38. The second-order valence-corrected chi connectivity index (χ2v) is 10.2. The largest absolute Gasteiger partial charge is 0.303 e. The van der Waals surface area contributed by atoms with Crippen LogP contribution in [-0.4, -0.2) is 20.4 Å². The summed E-state index contributed by atoms with van der Waals surface area (Å²) in [6.07, 6.45) is 1.63. The molecule has 0 aliphatic carbocycles. The summed E-state index contributed by atoms with van der Waals surface area (Å²) in [4.78, 5) is 44.8. The van der Waals surface area contributed by atoms with E-state index in [4.69, 9.17) is 4.98 Å². The molecule has 0 saturated carbocycles. The molecule has 0 fully saturated rings. The van der Waals surface area contributed by atoms with Crippen LogP contribution in [0.4, 0.5) is 11.4 Å². The Bertz CT molecular complexity index is 1860. The standard InChI is InChI=1S/C30H19IN4O4/c31-20-10-15-26-25(16-20)30(37)34(21-11-13-22(14-12-21)35(38)39)28(32-26)17-24-23-8-4-5-9-27(23)33(29(24)36)18-19-6-2-1-3-7-19/h1-17H,18H2. The number of anilines is 1. The van der Waals surface area contributed by atoms with Gasteiger partial charge in [-0.3, -0.25) is 24.3 Å². The van der Waals surface area contributed by atoms with Crippen molar-refractivity contribution in [3.05, 3.63) is 138 Å². The molecule has 0 bridgehead atoms. The van der Waals surface area contributed by atoms with Gasteiger partial charge in [-0.1, -0.05) is 48.5 Å². The lowest BCUT2D eigenvalue weighted by Crippen LogP contribution is -2.26. The number of nitro benzene ring substituents is 1. The van der Waals surface area contributed by atoms with Gasteiger partial charge in [0.2, 0.25) is 0 Å². The Balaban J connectivity index is 1.55. The number of aromatic nitrogens is 2. The number of amides is 1. The van der Waals surface area contributed by atoms with Crippen LogP contribution in [0.1, 0.15) is 17.0 Å². The minimum absolute atomic E-state index is 0.0912. The van der Waals surface area contributed by atoms with E-state index in [1.54, 1.807) is 23.1 Å². The minimum Gasteiger partial charge on any atom is -0.303 e. The molecule has 6 rings (SSSR count). The Kier molecular flexibility index (Phi) is 6.27. The van der Waals surface area contributed by atoms with Crippen molar-refractivity contribution in [1.82, 2.24) is 9.55 Å². The fourth-order valence-electron chi connectivity index (χ4n) is 4.74. The lowest BCUT2D eigenvalue weighted by atomic mass is 10.1. The summed E-state index contributed by atoms with van der Waals surface area (Å²) < 4.78 is 2.27. The molecule has 190 valence electrons. The zero-order chi connectivity index (χ0) is 27.1. The number of benzene rings is 4. The van der Waals surface area contributed by atoms with Crippen molar-refractivity contribution in [1.29, 1.82) is 0 Å². The number of hydrogen-bond donors (Lipinski definition) is 0. The first-order chi connectivity index (χ1) is 18.9. The molecule has 2 heterocycles. The van der Waals surface area contributed by atoms with Gasteiger partial charge in [-0.05, 0) is 70.6 Å². The van der Waals surface area contributed by atoms with Crippen LogP contribution in [0.2, 0.25) is 0 Å². The van der Waals surface area contributed by atoms with Crippen molar-refractivity contribution >= 4 is 62.4 Å². The Labute approximate surface area is 236 Å². The average molecular weight is 626 g/mol. The van der Waals surface area contributed by atoms with Gasteiger partial charge < -0.3 is 4.90 Å². The second kappa shape index (κ2) is 9.91. The number of hydrogen-bond acceptors (Lipinski definition) is 5. The number of carbonyl (C=O) groups is 1. The molecule has 0 N–H and O–H groups in total. The van der Waals surface area contributed by atoms with E-state index in [2.05, 4.69) is 22.6 Å². The van der Waals surface area contributed by atoms with Gasteiger partial charge in [-0.2, -0.15) is 0 Å². The predicted molar refractivity (Wildman–Crippen MR) is 159 cm³/mol. The van der Waals surface area contributed by atoms with Crippen LogP contribution in [0.15, 0.2) is 102 Å². The van der Waals surface area contributed by atoms with Gasteiger partial charge in [0.25, 0.3) is 17.2 Å². The Morgan fingerprint density at radius 3 is 2.36 bits per heavy atom. The number of nitro groups is 1. The molecule has 1 amide bonds. The topological polar surface area (TPSA) is 98.3 Å². The fraction of sp³-hybridized carbons (Fsp3) is 0.0333. The maximum absolute atomic E-state index is 13.8. The molecule has 8 nitrogen and oxygen atoms in total. The Hall–Kier alpha value is -4.64. The van der Waals surface area contributed by atoms with Gasteiger partial charge in [0.05, 0.1) is 39.3 Å². The second-order valence-electron chi connectivity index (χ2n) is 9.00. The first kappa shape index (κ1) is 24.7. The molecule has 5 aromatic rings. The van der Waals surface area contributed by atoms with Crippen LogP contribution in [0.3, 0.4) is 0 Å². The lowest BCUT2D eigenvalue weighted by molar-refractivity contribution is -0.384. The highest BCUT2D eigenvalue weighted by atomic mass is 127. The molecule has 1 aliphatic rings. The van der Waals surface area contributed by atoms with Crippen LogP contribution < -0.4 is 10.5 Å². The normalized spacial score (nSPS) is 13.7. The van der Waals surface area contributed by atoms with Crippen LogP contribution in [0.5, 0.6) is 0 Å². The molecule has 9 heteroatoms. The van der Waals surface area contributed by atoms with E-state index >= 15 is 0 Å². The Morgan fingerprint density at radius 2 is 1.62 bits per heavy atom. The van der Waals surface area contributed by atoms with Crippen molar-refractivity contribution in [2.45, 2.75) is 6.54 Å². The summed E-state index contributed by atoms with van der Waals surface area (Å²) in [6, 6.07) is 28.3. The molecule has 0 radical (unpaired) electrons. The SMILES string of the molecule is O=C1C(=Cc2nc3ccc(I)cc3c(=O)n2-c2ccc([N+](=O)[O-])cc2)c2ccccc2N1Cc1ccccc1. The number of non-ortho nitro benzene ring substituents is 1. The minimum atomic E-state index is -0.494. The van der Waals surface area contributed by atoms with Gasteiger partial charge in [0.15, 0.2) is 0 Å². The van der Waals surface area contributed by atoms with E-state index in [0.717, 1.165) is 20.4 Å². The van der Waals surface area contributed by atoms with Crippen molar-refractivity contribution in [3.63, 3.8) is 0 Å². The van der Waals surface area contributed by atoms with Crippen molar-refractivity contribution in [3.8, 4) is 5.69 Å². The van der Waals surface area contributed by atoms with Crippen LogP contribution in [0, 0.1) is 13.7 Å². The molecule has 0 atom stereocenters. The summed E-state index contributed by atoms with van der Waals surface area (Å²) in [5.41, 5.74) is 3.39. The van der Waals surface area contributed by atoms with E-state index in [0.29, 0.717) is 28.7 Å². The summed E-state index contributed by atoms with van der Waals surface area (Å²) in [7, 11) is 0. The molecule has 1 aliphatic heterocycles. The lowest BCUT2D eigenvalue weighted by Gasteiger charge is -2.17. The van der Waals surface area contributed by atoms with E-state index in [-0.39, 0.29) is 23.0 Å². The summed E-state index contributed by atoms with van der Waals surface area (Å²) in [5, 5.41) is 11.6. The zero-order valence-electron chi connectivity index (χ0n) is 20.3. The average Bonchev–Trinajstić information content (AvgIpc) is 3.20. The summed E-state index contributed by atoms with van der Waals surface area (Å²) >= 11 is 2.13. The van der Waals surface area contributed by atoms with Crippen molar-refractivity contribution in [2.75, 3.05) is 4.90 Å². The van der Waals surface area contributed by atoms with Gasteiger partial charge in [0.1, 0.15) is 5.82 Å². The maximum atomic E-state index is 13.8.